The van der Waals surface area contributed by atoms with Crippen molar-refractivity contribution in [3.05, 3.63) is 99.8 Å². The van der Waals surface area contributed by atoms with Crippen molar-refractivity contribution in [1.82, 2.24) is 4.90 Å². The average molecular weight is 452 g/mol. The first-order valence-corrected chi connectivity index (χ1v) is 10.6. The number of amides is 1. The fourth-order valence-corrected chi connectivity index (χ4v) is 4.36. The van der Waals surface area contributed by atoms with Crippen molar-refractivity contribution in [3.63, 3.8) is 0 Å². The minimum Gasteiger partial charge on any atom is -0.493 e. The van der Waals surface area contributed by atoms with Gasteiger partial charge in [0, 0.05) is 23.2 Å². The van der Waals surface area contributed by atoms with Gasteiger partial charge in [0.1, 0.15) is 5.82 Å². The third kappa shape index (κ3) is 4.21. The Bertz CT molecular complexity index is 1140. The number of hydrogen-bond donors (Lipinski definition) is 0. The number of fused-ring (bicyclic) bond motifs is 1. The molecular formula is C26H23ClFNO3. The lowest BCUT2D eigenvalue weighted by Crippen LogP contribution is -2.40. The lowest BCUT2D eigenvalue weighted by Gasteiger charge is -2.38. The van der Waals surface area contributed by atoms with Crippen LogP contribution in [0.25, 0.3) is 6.08 Å². The van der Waals surface area contributed by atoms with E-state index in [2.05, 4.69) is 0 Å². The van der Waals surface area contributed by atoms with Crippen LogP contribution in [0.4, 0.5) is 4.39 Å². The summed E-state index contributed by atoms with van der Waals surface area (Å²) >= 11 is 6.45. The highest BCUT2D eigenvalue weighted by atomic mass is 35.5. The molecular weight excluding hydrogens is 429 g/mol. The molecule has 1 amide bonds. The van der Waals surface area contributed by atoms with Gasteiger partial charge in [-0.1, -0.05) is 48.0 Å². The van der Waals surface area contributed by atoms with Crippen molar-refractivity contribution in [2.24, 2.45) is 0 Å². The van der Waals surface area contributed by atoms with Crippen LogP contribution < -0.4 is 9.47 Å². The van der Waals surface area contributed by atoms with Crippen LogP contribution in [0, 0.1) is 5.82 Å². The number of rotatable bonds is 5. The van der Waals surface area contributed by atoms with Crippen LogP contribution >= 0.6 is 11.6 Å². The molecule has 0 aromatic heterocycles. The second-order valence-corrected chi connectivity index (χ2v) is 7.88. The monoisotopic (exact) mass is 451 g/mol. The molecule has 0 aliphatic carbocycles. The lowest BCUT2D eigenvalue weighted by molar-refractivity contribution is -0.128. The molecule has 0 spiro atoms. The van der Waals surface area contributed by atoms with E-state index in [1.807, 2.05) is 42.5 Å². The Labute approximate surface area is 191 Å². The van der Waals surface area contributed by atoms with Crippen LogP contribution in [0.1, 0.15) is 28.3 Å². The van der Waals surface area contributed by atoms with E-state index in [1.165, 1.54) is 12.1 Å². The maximum Gasteiger partial charge on any atom is 0.247 e. The first-order chi connectivity index (χ1) is 15.5. The quantitative estimate of drug-likeness (QED) is 0.468. The summed E-state index contributed by atoms with van der Waals surface area (Å²) in [6.45, 7) is 0.412. The maximum absolute atomic E-state index is 15.0. The Balaban J connectivity index is 1.82. The van der Waals surface area contributed by atoms with E-state index in [4.69, 9.17) is 21.1 Å². The minimum atomic E-state index is -0.694. The molecule has 3 aromatic carbocycles. The predicted molar refractivity (Wildman–Crippen MR) is 124 cm³/mol. The summed E-state index contributed by atoms with van der Waals surface area (Å²) in [4.78, 5) is 14.9. The molecule has 4 rings (SSSR count). The van der Waals surface area contributed by atoms with Crippen molar-refractivity contribution in [2.75, 3.05) is 20.8 Å². The number of halogens is 2. The summed E-state index contributed by atoms with van der Waals surface area (Å²) in [6, 6.07) is 17.1. The van der Waals surface area contributed by atoms with Crippen molar-refractivity contribution < 1.29 is 18.7 Å². The van der Waals surface area contributed by atoms with E-state index in [0.29, 0.717) is 24.5 Å². The Morgan fingerprint density at radius 2 is 1.78 bits per heavy atom. The highest BCUT2D eigenvalue weighted by molar-refractivity contribution is 6.31. The molecule has 0 fully saturated rings. The number of benzene rings is 3. The molecule has 1 unspecified atom stereocenters. The van der Waals surface area contributed by atoms with E-state index in [9.17, 15) is 4.79 Å². The van der Waals surface area contributed by atoms with Gasteiger partial charge < -0.3 is 14.4 Å². The van der Waals surface area contributed by atoms with E-state index >= 15 is 4.39 Å². The molecule has 32 heavy (non-hydrogen) atoms. The summed E-state index contributed by atoms with van der Waals surface area (Å²) in [7, 11) is 3.12. The normalized spacial score (nSPS) is 15.5. The second-order valence-electron chi connectivity index (χ2n) is 7.47. The first kappa shape index (κ1) is 21.9. The predicted octanol–water partition coefficient (Wildman–Crippen LogP) is 5.68. The summed E-state index contributed by atoms with van der Waals surface area (Å²) < 4.78 is 26.0. The molecule has 0 saturated heterocycles. The smallest absolute Gasteiger partial charge is 0.247 e. The van der Waals surface area contributed by atoms with Gasteiger partial charge in [0.25, 0.3) is 0 Å². The standard InChI is InChI=1S/C26H23ClFNO3/c1-31-22-15-18-13-14-29(24(30)12-11-17-7-4-3-5-8-17)26(19(18)16-23(22)32-2)25-20(27)9-6-10-21(25)28/h3-12,15-16,26H,13-14H2,1-2H3. The van der Waals surface area contributed by atoms with Crippen LogP contribution in [0.2, 0.25) is 5.02 Å². The zero-order chi connectivity index (χ0) is 22.7. The number of nitrogens with zero attached hydrogens (tertiary/aromatic N) is 1. The van der Waals surface area contributed by atoms with Gasteiger partial charge in [0.2, 0.25) is 5.91 Å². The highest BCUT2D eigenvalue weighted by Crippen LogP contribution is 2.43. The highest BCUT2D eigenvalue weighted by Gasteiger charge is 2.35. The Kier molecular flexibility index (Phi) is 6.47. The van der Waals surface area contributed by atoms with Gasteiger partial charge in [-0.15, -0.1) is 0 Å². The number of methoxy groups -OCH3 is 2. The molecule has 4 nitrogen and oxygen atoms in total. The molecule has 1 aliphatic heterocycles. The largest absolute Gasteiger partial charge is 0.493 e. The first-order valence-electron chi connectivity index (χ1n) is 10.3. The molecule has 1 aliphatic rings. The van der Waals surface area contributed by atoms with E-state index in [-0.39, 0.29) is 16.5 Å². The molecule has 3 aromatic rings. The fraction of sp³-hybridized carbons (Fsp3) is 0.192. The number of carbonyl (C=O) groups is 1. The van der Waals surface area contributed by atoms with Crippen LogP contribution in [-0.2, 0) is 11.2 Å². The van der Waals surface area contributed by atoms with Crippen LogP contribution in [0.15, 0.2) is 66.7 Å². The molecule has 0 radical (unpaired) electrons. The Hall–Kier alpha value is -3.31. The molecule has 164 valence electrons. The molecule has 1 heterocycles. The van der Waals surface area contributed by atoms with Crippen molar-refractivity contribution in [1.29, 1.82) is 0 Å². The Morgan fingerprint density at radius 3 is 2.47 bits per heavy atom. The molecule has 0 saturated carbocycles. The van der Waals surface area contributed by atoms with Crippen LogP contribution in [-0.4, -0.2) is 31.6 Å². The van der Waals surface area contributed by atoms with Gasteiger partial charge in [-0.3, -0.25) is 4.79 Å². The topological polar surface area (TPSA) is 38.8 Å². The van der Waals surface area contributed by atoms with Crippen LogP contribution in [0.3, 0.4) is 0 Å². The van der Waals surface area contributed by atoms with E-state index in [0.717, 1.165) is 16.7 Å². The Morgan fingerprint density at radius 1 is 1.06 bits per heavy atom. The molecule has 1 atom stereocenters. The van der Waals surface area contributed by atoms with Gasteiger partial charge in [0.05, 0.1) is 20.3 Å². The van der Waals surface area contributed by atoms with Gasteiger partial charge >= 0.3 is 0 Å². The minimum absolute atomic E-state index is 0.224. The van der Waals surface area contributed by atoms with E-state index in [1.54, 1.807) is 37.3 Å². The van der Waals surface area contributed by atoms with Crippen molar-refractivity contribution >= 4 is 23.6 Å². The summed E-state index contributed by atoms with van der Waals surface area (Å²) in [6.07, 6.45) is 3.87. The van der Waals surface area contributed by atoms with Crippen molar-refractivity contribution in [3.8, 4) is 11.5 Å². The SMILES string of the molecule is COc1cc2c(cc1OC)C(c1c(F)cccc1Cl)N(C(=O)C=Cc1ccccc1)CC2. The van der Waals surface area contributed by atoms with Crippen LogP contribution in [0.5, 0.6) is 11.5 Å². The van der Waals surface area contributed by atoms with Crippen molar-refractivity contribution in [2.45, 2.75) is 12.5 Å². The second kappa shape index (κ2) is 9.45. The van der Waals surface area contributed by atoms with Gasteiger partial charge in [0.15, 0.2) is 11.5 Å². The number of carbonyl (C=O) groups excluding carboxylic acids is 1. The summed E-state index contributed by atoms with van der Waals surface area (Å²) in [5, 5.41) is 0.266. The third-order valence-electron chi connectivity index (χ3n) is 5.65. The zero-order valence-electron chi connectivity index (χ0n) is 17.8. The van der Waals surface area contributed by atoms with Gasteiger partial charge in [-0.05, 0) is 53.5 Å². The lowest BCUT2D eigenvalue weighted by atomic mass is 9.87. The van der Waals surface area contributed by atoms with Gasteiger partial charge in [-0.25, -0.2) is 4.39 Å². The summed E-state index contributed by atoms with van der Waals surface area (Å²) in [5.74, 6) is 0.416. The molecule has 6 heteroatoms. The molecule has 0 N–H and O–H groups in total. The number of hydrogen-bond acceptors (Lipinski definition) is 3. The average Bonchev–Trinajstić information content (AvgIpc) is 2.82. The zero-order valence-corrected chi connectivity index (χ0v) is 18.6. The summed E-state index contributed by atoms with van der Waals surface area (Å²) in [5.41, 5.74) is 2.90. The van der Waals surface area contributed by atoms with E-state index < -0.39 is 11.9 Å². The third-order valence-corrected chi connectivity index (χ3v) is 5.98. The maximum atomic E-state index is 15.0. The van der Waals surface area contributed by atoms with Gasteiger partial charge in [-0.2, -0.15) is 0 Å². The molecule has 0 bridgehead atoms. The number of ether oxygens (including phenoxy) is 2. The fourth-order valence-electron chi connectivity index (χ4n) is 4.09.